The standard InChI is InChI=1S/C24H32O5/c1-14(12-28-22(27)11-25)17-3-4-18-16-10-21-20-9-15(26)5-8-24(20,13-29-21)19(16)6-7-23(17,18)2/h16-19,25H,1,3-13H2,2H3/t16?,17-,18?,19?,23-,24+/m1/s1. The third-order valence-electron chi connectivity index (χ3n) is 9.27. The summed E-state index contributed by atoms with van der Waals surface area (Å²) in [5.41, 5.74) is 2.65. The number of allylic oxidation sites excluding steroid dienone is 1. The number of fused-ring (bicyclic) bond motifs is 3. The molecule has 1 heterocycles. The Bertz CT molecular complexity index is 797. The highest BCUT2D eigenvalue weighted by Gasteiger charge is 2.63. The first kappa shape index (κ1) is 19.3. The molecule has 3 saturated carbocycles. The third-order valence-corrected chi connectivity index (χ3v) is 9.27. The summed E-state index contributed by atoms with van der Waals surface area (Å²) in [4.78, 5) is 23.5. The van der Waals surface area contributed by atoms with Gasteiger partial charge in [0.05, 0.1) is 12.4 Å². The number of hydrogen-bond donors (Lipinski definition) is 1. The Kier molecular flexibility index (Phi) is 4.47. The number of carbonyl (C=O) groups is 2. The Labute approximate surface area is 172 Å². The van der Waals surface area contributed by atoms with Gasteiger partial charge in [-0.15, -0.1) is 0 Å². The van der Waals surface area contributed by atoms with Crippen LogP contribution in [0.5, 0.6) is 0 Å². The van der Waals surface area contributed by atoms with Crippen LogP contribution < -0.4 is 0 Å². The lowest BCUT2D eigenvalue weighted by atomic mass is 9.47. The van der Waals surface area contributed by atoms with Gasteiger partial charge in [0.25, 0.3) is 0 Å². The van der Waals surface area contributed by atoms with E-state index in [1.54, 1.807) is 0 Å². The molecule has 4 aliphatic carbocycles. The molecule has 1 aliphatic heterocycles. The highest BCUT2D eigenvalue weighted by molar-refractivity contribution is 5.83. The van der Waals surface area contributed by atoms with Gasteiger partial charge in [0.15, 0.2) is 0 Å². The first-order chi connectivity index (χ1) is 13.9. The van der Waals surface area contributed by atoms with Gasteiger partial charge in [-0.2, -0.15) is 0 Å². The summed E-state index contributed by atoms with van der Waals surface area (Å²) in [7, 11) is 0. The summed E-state index contributed by atoms with van der Waals surface area (Å²) >= 11 is 0. The number of hydrogen-bond acceptors (Lipinski definition) is 5. The van der Waals surface area contributed by atoms with Crippen LogP contribution in [0.1, 0.15) is 58.3 Å². The second-order valence-corrected chi connectivity index (χ2v) is 10.3. The number of carbonyl (C=O) groups excluding carboxylic acids is 2. The van der Waals surface area contributed by atoms with Gasteiger partial charge < -0.3 is 14.6 Å². The van der Waals surface area contributed by atoms with Crippen molar-refractivity contribution in [3.8, 4) is 0 Å². The largest absolute Gasteiger partial charge is 0.497 e. The van der Waals surface area contributed by atoms with Crippen LogP contribution in [0.3, 0.4) is 0 Å². The Balaban J connectivity index is 1.39. The van der Waals surface area contributed by atoms with Crippen LogP contribution in [-0.2, 0) is 19.1 Å². The van der Waals surface area contributed by atoms with E-state index in [2.05, 4.69) is 13.5 Å². The maximum atomic E-state index is 12.1. The molecule has 29 heavy (non-hydrogen) atoms. The SMILES string of the molecule is C=C(COC(=O)CO)[C@H]1CCC2C3CC4=C5CC(=O)CC[C@]5(CO4)C3CC[C@@]21C. The van der Waals surface area contributed by atoms with E-state index < -0.39 is 12.6 Å². The molecule has 0 radical (unpaired) electrons. The minimum atomic E-state index is -0.582. The van der Waals surface area contributed by atoms with Gasteiger partial charge in [-0.05, 0) is 72.3 Å². The van der Waals surface area contributed by atoms with Crippen LogP contribution in [0.25, 0.3) is 0 Å². The lowest BCUT2D eigenvalue weighted by molar-refractivity contribution is -0.146. The van der Waals surface area contributed by atoms with Crippen molar-refractivity contribution >= 4 is 11.8 Å². The fraction of sp³-hybridized carbons (Fsp3) is 0.750. The first-order valence-electron chi connectivity index (χ1n) is 11.2. The number of rotatable bonds is 4. The summed E-state index contributed by atoms with van der Waals surface area (Å²) in [6.45, 7) is 7.11. The molecule has 0 spiro atoms. The van der Waals surface area contributed by atoms with Gasteiger partial charge in [-0.3, -0.25) is 4.79 Å². The van der Waals surface area contributed by atoms with E-state index in [-0.39, 0.29) is 17.4 Å². The molecule has 2 bridgehead atoms. The van der Waals surface area contributed by atoms with Gasteiger partial charge in [0.1, 0.15) is 19.0 Å². The normalized spacial score (nSPS) is 42.6. The molecule has 3 fully saturated rings. The van der Waals surface area contributed by atoms with Gasteiger partial charge >= 0.3 is 5.97 Å². The third kappa shape index (κ3) is 2.69. The number of ketones is 1. The van der Waals surface area contributed by atoms with Crippen molar-refractivity contribution in [2.45, 2.75) is 58.3 Å². The van der Waals surface area contributed by atoms with Crippen LogP contribution in [0.4, 0.5) is 0 Å². The molecule has 158 valence electrons. The number of aliphatic hydroxyl groups is 1. The monoisotopic (exact) mass is 400 g/mol. The number of aliphatic hydroxyl groups excluding tert-OH is 1. The quantitative estimate of drug-likeness (QED) is 0.577. The maximum absolute atomic E-state index is 12.1. The molecular weight excluding hydrogens is 368 g/mol. The van der Waals surface area contributed by atoms with Crippen molar-refractivity contribution in [2.24, 2.45) is 34.5 Å². The Morgan fingerprint density at radius 1 is 1.28 bits per heavy atom. The molecule has 0 amide bonds. The lowest BCUT2D eigenvalue weighted by Crippen LogP contribution is -2.51. The van der Waals surface area contributed by atoms with Crippen molar-refractivity contribution in [1.82, 2.24) is 0 Å². The Morgan fingerprint density at radius 2 is 2.10 bits per heavy atom. The molecule has 0 aromatic rings. The molecule has 5 nitrogen and oxygen atoms in total. The molecular formula is C24H32O5. The summed E-state index contributed by atoms with van der Waals surface area (Å²) < 4.78 is 11.4. The van der Waals surface area contributed by atoms with Crippen molar-refractivity contribution in [3.63, 3.8) is 0 Å². The van der Waals surface area contributed by atoms with E-state index in [1.807, 2.05) is 0 Å². The highest BCUT2D eigenvalue weighted by atomic mass is 16.5. The minimum Gasteiger partial charge on any atom is -0.497 e. The van der Waals surface area contributed by atoms with Gasteiger partial charge in [0, 0.05) is 24.7 Å². The second kappa shape index (κ2) is 6.69. The van der Waals surface area contributed by atoms with E-state index in [4.69, 9.17) is 14.6 Å². The zero-order valence-corrected chi connectivity index (χ0v) is 17.4. The minimum absolute atomic E-state index is 0.124. The van der Waals surface area contributed by atoms with E-state index in [0.29, 0.717) is 42.3 Å². The Morgan fingerprint density at radius 3 is 2.90 bits per heavy atom. The highest BCUT2D eigenvalue weighted by Crippen LogP contribution is 2.69. The van der Waals surface area contributed by atoms with E-state index >= 15 is 0 Å². The zero-order chi connectivity index (χ0) is 20.4. The van der Waals surface area contributed by atoms with Crippen LogP contribution in [0, 0.1) is 34.5 Å². The van der Waals surface area contributed by atoms with Crippen molar-refractivity contribution in [2.75, 3.05) is 19.8 Å². The fourth-order valence-corrected chi connectivity index (χ4v) is 7.97. The fourth-order valence-electron chi connectivity index (χ4n) is 7.97. The zero-order valence-electron chi connectivity index (χ0n) is 17.4. The van der Waals surface area contributed by atoms with E-state index in [1.165, 1.54) is 18.4 Å². The smallest absolute Gasteiger partial charge is 0.332 e. The van der Waals surface area contributed by atoms with Crippen LogP contribution in [-0.4, -0.2) is 36.7 Å². The van der Waals surface area contributed by atoms with Gasteiger partial charge in [0.2, 0.25) is 0 Å². The van der Waals surface area contributed by atoms with Crippen molar-refractivity contribution < 1.29 is 24.2 Å². The molecule has 1 N–H and O–H groups in total. The van der Waals surface area contributed by atoms with Crippen LogP contribution in [0.2, 0.25) is 0 Å². The number of ether oxygens (including phenoxy) is 2. The average molecular weight is 401 g/mol. The summed E-state index contributed by atoms with van der Waals surface area (Å²) in [5.74, 6) is 3.19. The van der Waals surface area contributed by atoms with E-state index in [0.717, 1.165) is 43.6 Å². The molecule has 0 aromatic heterocycles. The molecule has 6 atom stereocenters. The molecule has 5 aliphatic rings. The first-order valence-corrected chi connectivity index (χ1v) is 11.2. The van der Waals surface area contributed by atoms with Crippen molar-refractivity contribution in [1.29, 1.82) is 0 Å². The van der Waals surface area contributed by atoms with E-state index in [9.17, 15) is 9.59 Å². The molecule has 0 aromatic carbocycles. The summed E-state index contributed by atoms with van der Waals surface area (Å²) in [6.07, 6.45) is 7.93. The van der Waals surface area contributed by atoms with Crippen LogP contribution in [0.15, 0.2) is 23.5 Å². The molecule has 3 unspecified atom stereocenters. The summed E-state index contributed by atoms with van der Waals surface area (Å²) in [5, 5.41) is 8.91. The topological polar surface area (TPSA) is 72.8 Å². The molecule has 5 heteroatoms. The maximum Gasteiger partial charge on any atom is 0.332 e. The lowest BCUT2D eigenvalue weighted by Gasteiger charge is -2.56. The number of Topliss-reactive ketones (excluding diaryl/α,β-unsaturated/α-hetero) is 1. The van der Waals surface area contributed by atoms with Gasteiger partial charge in [-0.1, -0.05) is 13.5 Å². The predicted molar refractivity (Wildman–Crippen MR) is 107 cm³/mol. The average Bonchev–Trinajstić information content (AvgIpc) is 3.19. The van der Waals surface area contributed by atoms with Crippen LogP contribution >= 0.6 is 0 Å². The predicted octanol–water partition coefficient (Wildman–Crippen LogP) is 3.56. The molecule has 0 saturated heterocycles. The van der Waals surface area contributed by atoms with Gasteiger partial charge in [-0.25, -0.2) is 4.79 Å². The summed E-state index contributed by atoms with van der Waals surface area (Å²) in [6, 6.07) is 0. The molecule has 5 rings (SSSR count). The Hall–Kier alpha value is -1.62. The second-order valence-electron chi connectivity index (χ2n) is 10.3. The van der Waals surface area contributed by atoms with Crippen molar-refractivity contribution in [3.05, 3.63) is 23.5 Å². The number of esters is 1.